The van der Waals surface area contributed by atoms with Gasteiger partial charge in [-0.1, -0.05) is 18.2 Å². The fraction of sp³-hybridized carbons (Fsp3) is 0.647. The second-order valence-electron chi connectivity index (χ2n) is 6.27. The predicted octanol–water partition coefficient (Wildman–Crippen LogP) is 3.30. The second kappa shape index (κ2) is 5.55. The van der Waals surface area contributed by atoms with Crippen LogP contribution in [0.3, 0.4) is 0 Å². The Balaban J connectivity index is 2.33. The maximum absolute atomic E-state index is 12.4. The van der Waals surface area contributed by atoms with E-state index < -0.39 is 5.41 Å². The van der Waals surface area contributed by atoms with Crippen molar-refractivity contribution in [3.05, 3.63) is 24.3 Å². The van der Waals surface area contributed by atoms with Gasteiger partial charge < -0.3 is 4.74 Å². The molecule has 0 bridgehead atoms. The molecule has 20 heavy (non-hydrogen) atoms. The molecule has 110 valence electrons. The molecule has 3 heteroatoms. The first kappa shape index (κ1) is 15.0. The molecule has 4 atom stereocenters. The van der Waals surface area contributed by atoms with Crippen molar-refractivity contribution in [3.63, 3.8) is 0 Å². The van der Waals surface area contributed by atoms with Gasteiger partial charge in [-0.3, -0.25) is 9.59 Å². The summed E-state index contributed by atoms with van der Waals surface area (Å²) < 4.78 is 5.18. The third-order valence-electron chi connectivity index (χ3n) is 5.05. The molecule has 0 aromatic carbocycles. The van der Waals surface area contributed by atoms with E-state index >= 15 is 0 Å². The molecule has 0 aromatic rings. The molecule has 0 radical (unpaired) electrons. The van der Waals surface area contributed by atoms with Gasteiger partial charge in [0.15, 0.2) is 5.78 Å². The van der Waals surface area contributed by atoms with Crippen LogP contribution in [0.25, 0.3) is 0 Å². The SMILES string of the molecule is C=C(C)[C@@H]1CCC2C=CC(=O)[C@@](C)(C(=O)OCC)[C@H]2C1. The zero-order valence-corrected chi connectivity index (χ0v) is 12.6. The van der Waals surface area contributed by atoms with Crippen molar-refractivity contribution in [2.75, 3.05) is 6.61 Å². The lowest BCUT2D eigenvalue weighted by Gasteiger charge is -2.45. The van der Waals surface area contributed by atoms with E-state index in [1.807, 2.05) is 13.0 Å². The van der Waals surface area contributed by atoms with Crippen molar-refractivity contribution in [1.29, 1.82) is 0 Å². The van der Waals surface area contributed by atoms with Gasteiger partial charge in [0.25, 0.3) is 0 Å². The summed E-state index contributed by atoms with van der Waals surface area (Å²) in [5.74, 6) is 0.266. The highest BCUT2D eigenvalue weighted by Crippen LogP contribution is 2.49. The lowest BCUT2D eigenvalue weighted by Crippen LogP contribution is -2.50. The van der Waals surface area contributed by atoms with Crippen LogP contribution in [0.5, 0.6) is 0 Å². The highest BCUT2D eigenvalue weighted by molar-refractivity contribution is 6.10. The molecule has 0 aliphatic heterocycles. The summed E-state index contributed by atoms with van der Waals surface area (Å²) in [7, 11) is 0. The van der Waals surface area contributed by atoms with E-state index in [1.54, 1.807) is 19.9 Å². The van der Waals surface area contributed by atoms with Crippen LogP contribution in [0.15, 0.2) is 24.3 Å². The van der Waals surface area contributed by atoms with Crippen LogP contribution in [-0.2, 0) is 14.3 Å². The average molecular weight is 276 g/mol. The van der Waals surface area contributed by atoms with Gasteiger partial charge in [0.05, 0.1) is 6.61 Å². The number of allylic oxidation sites excluding steroid dienone is 3. The van der Waals surface area contributed by atoms with Gasteiger partial charge in [-0.05, 0) is 63.9 Å². The van der Waals surface area contributed by atoms with Crippen LogP contribution >= 0.6 is 0 Å². The Labute approximate surface area is 121 Å². The van der Waals surface area contributed by atoms with Crippen molar-refractivity contribution >= 4 is 11.8 Å². The normalized spacial score (nSPS) is 36.4. The van der Waals surface area contributed by atoms with Gasteiger partial charge >= 0.3 is 5.97 Å². The third kappa shape index (κ3) is 2.34. The first-order valence-corrected chi connectivity index (χ1v) is 7.46. The second-order valence-corrected chi connectivity index (χ2v) is 6.27. The van der Waals surface area contributed by atoms with E-state index in [-0.39, 0.29) is 17.7 Å². The lowest BCUT2D eigenvalue weighted by atomic mass is 9.57. The molecule has 1 saturated carbocycles. The number of carbonyl (C=O) groups excluding carboxylic acids is 2. The molecule has 0 spiro atoms. The molecule has 2 aliphatic carbocycles. The zero-order valence-electron chi connectivity index (χ0n) is 12.6. The van der Waals surface area contributed by atoms with Gasteiger partial charge in [-0.2, -0.15) is 0 Å². The topological polar surface area (TPSA) is 43.4 Å². The van der Waals surface area contributed by atoms with E-state index in [4.69, 9.17) is 4.74 Å². The van der Waals surface area contributed by atoms with Crippen molar-refractivity contribution < 1.29 is 14.3 Å². The minimum Gasteiger partial charge on any atom is -0.465 e. The number of esters is 1. The van der Waals surface area contributed by atoms with Crippen LogP contribution in [0.2, 0.25) is 0 Å². The molecular formula is C17H24O3. The monoisotopic (exact) mass is 276 g/mol. The Morgan fingerprint density at radius 2 is 2.20 bits per heavy atom. The van der Waals surface area contributed by atoms with E-state index in [1.165, 1.54) is 0 Å². The number of rotatable bonds is 3. The third-order valence-corrected chi connectivity index (χ3v) is 5.05. The molecule has 1 unspecified atom stereocenters. The molecule has 2 aliphatic rings. The summed E-state index contributed by atoms with van der Waals surface area (Å²) in [6.45, 7) is 9.93. The Hall–Kier alpha value is -1.38. The van der Waals surface area contributed by atoms with Gasteiger partial charge in [0.2, 0.25) is 0 Å². The summed E-state index contributed by atoms with van der Waals surface area (Å²) in [5, 5.41) is 0. The predicted molar refractivity (Wildman–Crippen MR) is 78.0 cm³/mol. The summed E-state index contributed by atoms with van der Waals surface area (Å²) in [6.07, 6.45) is 6.53. The summed E-state index contributed by atoms with van der Waals surface area (Å²) in [5.41, 5.74) is 0.125. The Morgan fingerprint density at radius 1 is 1.50 bits per heavy atom. The van der Waals surface area contributed by atoms with Crippen LogP contribution < -0.4 is 0 Å². The minimum atomic E-state index is -1.02. The Bertz CT molecular complexity index is 463. The number of ether oxygens (including phenoxy) is 1. The van der Waals surface area contributed by atoms with Gasteiger partial charge in [-0.25, -0.2) is 0 Å². The molecule has 2 rings (SSSR count). The smallest absolute Gasteiger partial charge is 0.319 e. The summed E-state index contributed by atoms with van der Waals surface area (Å²) in [6, 6.07) is 0. The number of ketones is 1. The number of carbonyl (C=O) groups is 2. The number of hydrogen-bond acceptors (Lipinski definition) is 3. The maximum Gasteiger partial charge on any atom is 0.319 e. The number of fused-ring (bicyclic) bond motifs is 1. The van der Waals surface area contributed by atoms with E-state index in [0.717, 1.165) is 24.8 Å². The lowest BCUT2D eigenvalue weighted by molar-refractivity contribution is -0.164. The molecule has 0 saturated heterocycles. The molecule has 1 fully saturated rings. The van der Waals surface area contributed by atoms with Gasteiger partial charge in [0.1, 0.15) is 5.41 Å². The quantitative estimate of drug-likeness (QED) is 0.451. The van der Waals surface area contributed by atoms with E-state index in [0.29, 0.717) is 18.4 Å². The first-order chi connectivity index (χ1) is 9.41. The van der Waals surface area contributed by atoms with Crippen molar-refractivity contribution in [1.82, 2.24) is 0 Å². The molecule has 0 amide bonds. The average Bonchev–Trinajstić information content (AvgIpc) is 2.42. The van der Waals surface area contributed by atoms with Crippen molar-refractivity contribution in [2.45, 2.75) is 40.0 Å². The standard InChI is InChI=1S/C17H24O3/c1-5-20-16(19)17(4)14-10-13(11(2)3)7-6-12(14)8-9-15(17)18/h8-9,12-14H,2,5-7,10H2,1,3-4H3/t12?,13-,14+,17+/m1/s1. The van der Waals surface area contributed by atoms with Crippen LogP contribution in [0.1, 0.15) is 40.0 Å². The molecule has 0 heterocycles. The van der Waals surface area contributed by atoms with Crippen molar-refractivity contribution in [3.8, 4) is 0 Å². The highest BCUT2D eigenvalue weighted by atomic mass is 16.5. The fourth-order valence-corrected chi connectivity index (χ4v) is 3.64. The maximum atomic E-state index is 12.4. The van der Waals surface area contributed by atoms with Gasteiger partial charge in [-0.15, -0.1) is 0 Å². The molecule has 0 aromatic heterocycles. The summed E-state index contributed by atoms with van der Waals surface area (Å²) in [4.78, 5) is 24.7. The van der Waals surface area contributed by atoms with Crippen LogP contribution in [0, 0.1) is 23.2 Å². The van der Waals surface area contributed by atoms with Crippen LogP contribution in [-0.4, -0.2) is 18.4 Å². The summed E-state index contributed by atoms with van der Waals surface area (Å²) >= 11 is 0. The Morgan fingerprint density at radius 3 is 2.80 bits per heavy atom. The highest BCUT2D eigenvalue weighted by Gasteiger charge is 2.53. The number of hydrogen-bond donors (Lipinski definition) is 0. The fourth-order valence-electron chi connectivity index (χ4n) is 3.64. The Kier molecular flexibility index (Phi) is 4.17. The largest absolute Gasteiger partial charge is 0.465 e. The molecule has 0 N–H and O–H groups in total. The van der Waals surface area contributed by atoms with Gasteiger partial charge in [0, 0.05) is 0 Å². The van der Waals surface area contributed by atoms with Crippen molar-refractivity contribution in [2.24, 2.45) is 23.2 Å². The molecular weight excluding hydrogens is 252 g/mol. The molecule has 3 nitrogen and oxygen atoms in total. The van der Waals surface area contributed by atoms with E-state index in [2.05, 4.69) is 6.58 Å². The van der Waals surface area contributed by atoms with Crippen LogP contribution in [0.4, 0.5) is 0 Å². The minimum absolute atomic E-state index is 0.0366. The van der Waals surface area contributed by atoms with E-state index in [9.17, 15) is 9.59 Å². The zero-order chi connectivity index (χ0) is 14.9. The first-order valence-electron chi connectivity index (χ1n) is 7.46.